The summed E-state index contributed by atoms with van der Waals surface area (Å²) in [7, 11) is 0. The van der Waals surface area contributed by atoms with Gasteiger partial charge < -0.3 is 5.73 Å². The molecule has 21 heavy (non-hydrogen) atoms. The van der Waals surface area contributed by atoms with Crippen LogP contribution in [0.3, 0.4) is 0 Å². The molecular formula is C13H9BrF3N3S. The first-order valence-corrected chi connectivity index (χ1v) is 7.23. The molecule has 0 bridgehead atoms. The SMILES string of the molecule is N=C(N)c1cc(Br)ccc1Sc1ccc(C(F)(F)F)cn1. The molecule has 0 atom stereocenters. The lowest BCUT2D eigenvalue weighted by Crippen LogP contribution is -2.12. The summed E-state index contributed by atoms with van der Waals surface area (Å²) < 4.78 is 38.2. The van der Waals surface area contributed by atoms with Crippen LogP contribution < -0.4 is 5.73 Å². The number of halogens is 4. The van der Waals surface area contributed by atoms with Crippen molar-refractivity contribution in [1.29, 1.82) is 5.41 Å². The number of hydrogen-bond acceptors (Lipinski definition) is 3. The molecule has 8 heteroatoms. The summed E-state index contributed by atoms with van der Waals surface area (Å²) in [4.78, 5) is 4.43. The minimum absolute atomic E-state index is 0.120. The molecule has 2 aromatic rings. The Balaban J connectivity index is 2.28. The molecule has 0 amide bonds. The molecule has 0 saturated heterocycles. The van der Waals surface area contributed by atoms with Gasteiger partial charge in [0.25, 0.3) is 0 Å². The zero-order valence-corrected chi connectivity index (χ0v) is 12.8. The van der Waals surface area contributed by atoms with E-state index in [4.69, 9.17) is 11.1 Å². The lowest BCUT2D eigenvalue weighted by molar-refractivity contribution is -0.137. The van der Waals surface area contributed by atoms with Gasteiger partial charge in [0.05, 0.1) is 5.56 Å². The van der Waals surface area contributed by atoms with Crippen molar-refractivity contribution in [2.24, 2.45) is 5.73 Å². The second-order valence-electron chi connectivity index (χ2n) is 4.04. The molecule has 110 valence electrons. The zero-order chi connectivity index (χ0) is 15.6. The number of hydrogen-bond donors (Lipinski definition) is 2. The largest absolute Gasteiger partial charge is 0.417 e. The van der Waals surface area contributed by atoms with Crippen molar-refractivity contribution in [1.82, 2.24) is 4.98 Å². The number of nitrogens with two attached hydrogens (primary N) is 1. The predicted molar refractivity (Wildman–Crippen MR) is 78.5 cm³/mol. The number of amidine groups is 1. The van der Waals surface area contributed by atoms with Gasteiger partial charge in [-0.2, -0.15) is 13.2 Å². The minimum atomic E-state index is -4.40. The van der Waals surface area contributed by atoms with Gasteiger partial charge in [0.15, 0.2) is 0 Å². The lowest BCUT2D eigenvalue weighted by atomic mass is 10.2. The number of aromatic nitrogens is 1. The second kappa shape index (κ2) is 6.07. The molecule has 0 aliphatic rings. The Kier molecular flexibility index (Phi) is 4.58. The van der Waals surface area contributed by atoms with E-state index in [9.17, 15) is 13.2 Å². The van der Waals surface area contributed by atoms with Gasteiger partial charge in [-0.1, -0.05) is 27.7 Å². The molecule has 2 rings (SSSR count). The Morgan fingerprint density at radius 1 is 1.24 bits per heavy atom. The summed E-state index contributed by atoms with van der Waals surface area (Å²) in [5, 5.41) is 7.93. The third-order valence-corrected chi connectivity index (χ3v) is 4.03. The van der Waals surface area contributed by atoms with Gasteiger partial charge in [-0.25, -0.2) is 4.98 Å². The van der Waals surface area contributed by atoms with Crippen LogP contribution in [0.5, 0.6) is 0 Å². The van der Waals surface area contributed by atoms with Crippen molar-refractivity contribution in [2.45, 2.75) is 16.1 Å². The van der Waals surface area contributed by atoms with E-state index in [0.717, 1.165) is 28.5 Å². The molecule has 0 unspecified atom stereocenters. The van der Waals surface area contributed by atoms with Crippen LogP contribution in [0, 0.1) is 5.41 Å². The maximum atomic E-state index is 12.5. The number of alkyl halides is 3. The van der Waals surface area contributed by atoms with E-state index in [-0.39, 0.29) is 5.84 Å². The topological polar surface area (TPSA) is 62.8 Å². The number of benzene rings is 1. The third kappa shape index (κ3) is 3.98. The average molecular weight is 376 g/mol. The minimum Gasteiger partial charge on any atom is -0.384 e. The zero-order valence-electron chi connectivity index (χ0n) is 10.4. The predicted octanol–water partition coefficient (Wildman–Crippen LogP) is 4.30. The van der Waals surface area contributed by atoms with Gasteiger partial charge in [0.1, 0.15) is 10.9 Å². The van der Waals surface area contributed by atoms with Crippen LogP contribution >= 0.6 is 27.7 Å². The summed E-state index contributed by atoms with van der Waals surface area (Å²) in [5.74, 6) is -0.120. The van der Waals surface area contributed by atoms with Gasteiger partial charge in [0.2, 0.25) is 0 Å². The molecule has 1 aromatic carbocycles. The molecule has 3 nitrogen and oxygen atoms in total. The molecule has 0 saturated carbocycles. The normalized spacial score (nSPS) is 11.4. The molecule has 1 aromatic heterocycles. The molecule has 1 heterocycles. The maximum Gasteiger partial charge on any atom is 0.417 e. The first-order chi connectivity index (χ1) is 9.77. The van der Waals surface area contributed by atoms with Gasteiger partial charge in [-0.05, 0) is 30.3 Å². The van der Waals surface area contributed by atoms with Crippen LogP contribution in [-0.4, -0.2) is 10.8 Å². The van der Waals surface area contributed by atoms with Gasteiger partial charge in [0, 0.05) is 21.1 Å². The molecule has 0 radical (unpaired) electrons. The Morgan fingerprint density at radius 2 is 1.95 bits per heavy atom. The Bertz CT molecular complexity index is 671. The Labute approximate surface area is 131 Å². The van der Waals surface area contributed by atoms with E-state index in [1.807, 2.05) is 0 Å². The smallest absolute Gasteiger partial charge is 0.384 e. The van der Waals surface area contributed by atoms with Crippen LogP contribution in [0.1, 0.15) is 11.1 Å². The summed E-state index contributed by atoms with van der Waals surface area (Å²) in [5.41, 5.74) is 5.20. The second-order valence-corrected chi connectivity index (χ2v) is 6.02. The van der Waals surface area contributed by atoms with Crippen molar-refractivity contribution in [3.05, 3.63) is 52.1 Å². The summed E-state index contributed by atoms with van der Waals surface area (Å²) in [6.45, 7) is 0. The molecular weight excluding hydrogens is 367 g/mol. The van der Waals surface area contributed by atoms with Crippen molar-refractivity contribution < 1.29 is 13.2 Å². The highest BCUT2D eigenvalue weighted by molar-refractivity contribution is 9.10. The molecule has 0 spiro atoms. The monoisotopic (exact) mass is 375 g/mol. The van der Waals surface area contributed by atoms with Crippen molar-refractivity contribution >= 4 is 33.5 Å². The van der Waals surface area contributed by atoms with Crippen LogP contribution in [0.15, 0.2) is 50.9 Å². The van der Waals surface area contributed by atoms with Crippen molar-refractivity contribution in [2.75, 3.05) is 0 Å². The first-order valence-electron chi connectivity index (χ1n) is 5.62. The summed E-state index contributed by atoms with van der Waals surface area (Å²) in [6, 6.07) is 7.43. The highest BCUT2D eigenvalue weighted by Gasteiger charge is 2.30. The fourth-order valence-corrected chi connectivity index (χ4v) is 2.77. The molecule has 0 aliphatic heterocycles. The van der Waals surface area contributed by atoms with E-state index >= 15 is 0 Å². The third-order valence-electron chi connectivity index (χ3n) is 2.51. The van der Waals surface area contributed by atoms with E-state index in [0.29, 0.717) is 15.5 Å². The van der Waals surface area contributed by atoms with E-state index in [1.54, 1.807) is 18.2 Å². The lowest BCUT2D eigenvalue weighted by Gasteiger charge is -2.09. The molecule has 0 aliphatic carbocycles. The van der Waals surface area contributed by atoms with E-state index in [2.05, 4.69) is 20.9 Å². The fourth-order valence-electron chi connectivity index (χ4n) is 1.52. The number of nitrogens with one attached hydrogen (secondary N) is 1. The van der Waals surface area contributed by atoms with E-state index in [1.165, 1.54) is 6.07 Å². The van der Waals surface area contributed by atoms with Crippen molar-refractivity contribution in [3.8, 4) is 0 Å². The van der Waals surface area contributed by atoms with Gasteiger partial charge in [-0.3, -0.25) is 5.41 Å². The van der Waals surface area contributed by atoms with E-state index < -0.39 is 11.7 Å². The molecule has 0 fully saturated rings. The first kappa shape index (κ1) is 15.8. The van der Waals surface area contributed by atoms with Crippen LogP contribution in [0.25, 0.3) is 0 Å². The maximum absolute atomic E-state index is 12.5. The number of nitrogens with zero attached hydrogens (tertiary/aromatic N) is 1. The van der Waals surface area contributed by atoms with Crippen LogP contribution in [0.2, 0.25) is 0 Å². The Hall–Kier alpha value is -1.54. The van der Waals surface area contributed by atoms with Crippen LogP contribution in [-0.2, 0) is 6.18 Å². The van der Waals surface area contributed by atoms with Crippen molar-refractivity contribution in [3.63, 3.8) is 0 Å². The summed E-state index contributed by atoms with van der Waals surface area (Å²) >= 11 is 4.43. The number of rotatable bonds is 3. The van der Waals surface area contributed by atoms with Crippen LogP contribution in [0.4, 0.5) is 13.2 Å². The summed E-state index contributed by atoms with van der Waals surface area (Å²) in [6.07, 6.45) is -3.62. The highest BCUT2D eigenvalue weighted by atomic mass is 79.9. The number of pyridine rings is 1. The van der Waals surface area contributed by atoms with Gasteiger partial charge >= 0.3 is 6.18 Å². The molecule has 3 N–H and O–H groups in total. The highest BCUT2D eigenvalue weighted by Crippen LogP contribution is 2.33. The standard InChI is InChI=1S/C13H9BrF3N3S/c14-8-2-3-10(9(5-8)12(18)19)21-11-4-1-7(6-20-11)13(15,16)17/h1-6H,(H3,18,19). The Morgan fingerprint density at radius 3 is 2.48 bits per heavy atom. The number of nitrogen functional groups attached to an aromatic ring is 1. The fraction of sp³-hybridized carbons (Fsp3) is 0.0769. The van der Waals surface area contributed by atoms with Gasteiger partial charge in [-0.15, -0.1) is 0 Å². The quantitative estimate of drug-likeness (QED) is 0.620. The average Bonchev–Trinajstić information content (AvgIpc) is 2.40.